The summed E-state index contributed by atoms with van der Waals surface area (Å²) in [7, 11) is 0. The van der Waals surface area contributed by atoms with Gasteiger partial charge in [0.25, 0.3) is 0 Å². The normalized spacial score (nSPS) is 10.4. The van der Waals surface area contributed by atoms with Crippen LogP contribution in [0.15, 0.2) is 61.1 Å². The van der Waals surface area contributed by atoms with Crippen LogP contribution in [0.5, 0.6) is 0 Å². The van der Waals surface area contributed by atoms with E-state index in [0.29, 0.717) is 12.4 Å². The van der Waals surface area contributed by atoms with Crippen molar-refractivity contribution in [2.45, 2.75) is 6.42 Å². The molecule has 0 aliphatic heterocycles. The zero-order valence-electron chi connectivity index (χ0n) is 12.1. The average molecular weight is 291 g/mol. The fraction of sp³-hybridized carbons (Fsp3) is 0.118. The van der Waals surface area contributed by atoms with Gasteiger partial charge in [0.1, 0.15) is 11.6 Å². The Labute approximate surface area is 129 Å². The first-order valence-corrected chi connectivity index (χ1v) is 7.14. The predicted molar refractivity (Wildman–Crippen MR) is 87.7 cm³/mol. The van der Waals surface area contributed by atoms with E-state index in [1.807, 2.05) is 24.3 Å². The minimum atomic E-state index is 0.644. The zero-order chi connectivity index (χ0) is 15.2. The molecule has 0 saturated heterocycles. The van der Waals surface area contributed by atoms with Crippen molar-refractivity contribution in [1.29, 1.82) is 0 Å². The number of hydrogen-bond acceptors (Lipinski definition) is 5. The molecular weight excluding hydrogens is 274 g/mol. The summed E-state index contributed by atoms with van der Waals surface area (Å²) in [4.78, 5) is 12.8. The van der Waals surface area contributed by atoms with E-state index in [9.17, 15) is 0 Å². The Hall–Kier alpha value is -2.79. The molecule has 0 saturated carbocycles. The molecule has 3 aromatic rings. The molecule has 0 radical (unpaired) electrons. The van der Waals surface area contributed by atoms with Crippen molar-refractivity contribution in [3.05, 3.63) is 66.6 Å². The molecule has 3 N–H and O–H groups in total. The van der Waals surface area contributed by atoms with E-state index in [1.54, 1.807) is 18.6 Å². The van der Waals surface area contributed by atoms with E-state index >= 15 is 0 Å². The lowest BCUT2D eigenvalue weighted by atomic mass is 10.1. The Bertz CT molecular complexity index is 743. The zero-order valence-corrected chi connectivity index (χ0v) is 12.1. The lowest BCUT2D eigenvalue weighted by Crippen LogP contribution is -2.02. The fourth-order valence-corrected chi connectivity index (χ4v) is 2.21. The van der Waals surface area contributed by atoms with E-state index in [-0.39, 0.29) is 0 Å². The summed E-state index contributed by atoms with van der Waals surface area (Å²) in [5.41, 5.74) is 8.83. The van der Waals surface area contributed by atoms with Crippen molar-refractivity contribution < 1.29 is 0 Å². The van der Waals surface area contributed by atoms with Crippen LogP contribution in [-0.4, -0.2) is 21.5 Å². The van der Waals surface area contributed by atoms with Gasteiger partial charge in [0.15, 0.2) is 0 Å². The molecule has 0 aliphatic carbocycles. The quantitative estimate of drug-likeness (QED) is 0.756. The molecule has 2 heterocycles. The highest BCUT2D eigenvalue weighted by Gasteiger charge is 2.03. The second-order valence-electron chi connectivity index (χ2n) is 4.86. The highest BCUT2D eigenvalue weighted by molar-refractivity contribution is 5.63. The second-order valence-corrected chi connectivity index (χ2v) is 4.86. The third-order valence-electron chi connectivity index (χ3n) is 3.22. The number of nitrogens with one attached hydrogen (secondary N) is 1. The number of aromatic nitrogens is 3. The van der Waals surface area contributed by atoms with Crippen molar-refractivity contribution >= 4 is 11.6 Å². The van der Waals surface area contributed by atoms with Crippen LogP contribution in [0.4, 0.5) is 11.6 Å². The van der Waals surface area contributed by atoms with Gasteiger partial charge in [0, 0.05) is 18.0 Å². The van der Waals surface area contributed by atoms with Gasteiger partial charge in [-0.2, -0.15) is 0 Å². The van der Waals surface area contributed by atoms with Gasteiger partial charge in [0.05, 0.1) is 11.9 Å². The van der Waals surface area contributed by atoms with Gasteiger partial charge in [-0.1, -0.05) is 24.3 Å². The minimum absolute atomic E-state index is 0.644. The molecule has 0 unspecified atom stereocenters. The van der Waals surface area contributed by atoms with Gasteiger partial charge in [0.2, 0.25) is 0 Å². The van der Waals surface area contributed by atoms with E-state index < -0.39 is 0 Å². The summed E-state index contributed by atoms with van der Waals surface area (Å²) in [5, 5.41) is 3.15. The summed E-state index contributed by atoms with van der Waals surface area (Å²) in [6, 6.07) is 14.2. The van der Waals surface area contributed by atoms with Crippen LogP contribution in [0, 0.1) is 0 Å². The van der Waals surface area contributed by atoms with Crippen molar-refractivity contribution in [2.24, 2.45) is 5.73 Å². The minimum Gasteiger partial charge on any atom is -0.330 e. The van der Waals surface area contributed by atoms with Crippen LogP contribution >= 0.6 is 0 Å². The molecule has 0 bridgehead atoms. The van der Waals surface area contributed by atoms with Crippen LogP contribution in [0.1, 0.15) is 5.56 Å². The Kier molecular flexibility index (Phi) is 4.36. The summed E-state index contributed by atoms with van der Waals surface area (Å²) >= 11 is 0. The maximum Gasteiger partial charge on any atom is 0.150 e. The first-order chi connectivity index (χ1) is 10.8. The Balaban J connectivity index is 1.86. The summed E-state index contributed by atoms with van der Waals surface area (Å²) in [6.07, 6.45) is 5.81. The number of rotatable bonds is 5. The fourth-order valence-electron chi connectivity index (χ4n) is 2.21. The van der Waals surface area contributed by atoms with Crippen LogP contribution in [0.2, 0.25) is 0 Å². The van der Waals surface area contributed by atoms with Crippen LogP contribution < -0.4 is 11.1 Å². The predicted octanol–water partition coefficient (Wildman–Crippen LogP) is 2.78. The van der Waals surface area contributed by atoms with E-state index in [0.717, 1.165) is 23.5 Å². The highest BCUT2D eigenvalue weighted by Crippen LogP contribution is 2.21. The van der Waals surface area contributed by atoms with E-state index in [2.05, 4.69) is 38.5 Å². The molecule has 5 nitrogen and oxygen atoms in total. The largest absolute Gasteiger partial charge is 0.330 e. The van der Waals surface area contributed by atoms with Crippen molar-refractivity contribution in [2.75, 3.05) is 11.9 Å². The lowest BCUT2D eigenvalue weighted by Gasteiger charge is -2.08. The van der Waals surface area contributed by atoms with Crippen LogP contribution in [0.3, 0.4) is 0 Å². The van der Waals surface area contributed by atoms with Crippen molar-refractivity contribution in [3.63, 3.8) is 0 Å². The van der Waals surface area contributed by atoms with Crippen LogP contribution in [-0.2, 0) is 6.42 Å². The maximum absolute atomic E-state index is 5.62. The number of benzene rings is 1. The van der Waals surface area contributed by atoms with Crippen LogP contribution in [0.25, 0.3) is 11.3 Å². The van der Waals surface area contributed by atoms with Crippen molar-refractivity contribution in [3.8, 4) is 11.3 Å². The second kappa shape index (κ2) is 6.78. The molecule has 22 heavy (non-hydrogen) atoms. The molecule has 0 atom stereocenters. The SMILES string of the molecule is NCCc1cccc(-c2cccc(Nc3cnccn3)n2)c1. The number of nitrogens with zero attached hydrogens (tertiary/aromatic N) is 3. The summed E-state index contributed by atoms with van der Waals surface area (Å²) in [6.45, 7) is 0.644. The molecule has 0 aliphatic rings. The molecule has 0 fully saturated rings. The molecule has 3 rings (SSSR count). The average Bonchev–Trinajstić information content (AvgIpc) is 2.57. The molecular formula is C17H17N5. The number of anilines is 2. The van der Waals surface area contributed by atoms with Gasteiger partial charge < -0.3 is 11.1 Å². The van der Waals surface area contributed by atoms with Gasteiger partial charge in [-0.3, -0.25) is 4.98 Å². The monoisotopic (exact) mass is 291 g/mol. The third-order valence-corrected chi connectivity index (χ3v) is 3.22. The number of nitrogens with two attached hydrogens (primary N) is 1. The van der Waals surface area contributed by atoms with E-state index in [4.69, 9.17) is 5.73 Å². The Morgan fingerprint density at radius 2 is 1.91 bits per heavy atom. The number of hydrogen-bond donors (Lipinski definition) is 2. The molecule has 5 heteroatoms. The van der Waals surface area contributed by atoms with Gasteiger partial charge in [-0.05, 0) is 36.7 Å². The Morgan fingerprint density at radius 1 is 1.00 bits per heavy atom. The topological polar surface area (TPSA) is 76.7 Å². The molecule has 0 amide bonds. The van der Waals surface area contributed by atoms with Gasteiger partial charge in [-0.25, -0.2) is 9.97 Å². The number of pyridine rings is 1. The summed E-state index contributed by atoms with van der Waals surface area (Å²) in [5.74, 6) is 1.41. The first kappa shape index (κ1) is 14.2. The maximum atomic E-state index is 5.62. The molecule has 0 spiro atoms. The molecule has 1 aromatic carbocycles. The highest BCUT2D eigenvalue weighted by atomic mass is 15.1. The lowest BCUT2D eigenvalue weighted by molar-refractivity contribution is 0.969. The van der Waals surface area contributed by atoms with Gasteiger partial charge in [-0.15, -0.1) is 0 Å². The van der Waals surface area contributed by atoms with Gasteiger partial charge >= 0.3 is 0 Å². The molecule has 110 valence electrons. The first-order valence-electron chi connectivity index (χ1n) is 7.14. The summed E-state index contributed by atoms with van der Waals surface area (Å²) < 4.78 is 0. The smallest absolute Gasteiger partial charge is 0.150 e. The third kappa shape index (κ3) is 3.45. The molecule has 2 aromatic heterocycles. The Morgan fingerprint density at radius 3 is 2.73 bits per heavy atom. The van der Waals surface area contributed by atoms with E-state index in [1.165, 1.54) is 5.56 Å². The standard InChI is InChI=1S/C17H17N5/c18-8-7-13-3-1-4-14(11-13)15-5-2-6-16(21-15)22-17-12-19-9-10-20-17/h1-6,9-12H,7-8,18H2,(H,20,21,22). The van der Waals surface area contributed by atoms with Crippen molar-refractivity contribution in [1.82, 2.24) is 15.0 Å².